The van der Waals surface area contributed by atoms with Crippen molar-refractivity contribution in [2.45, 2.75) is 37.1 Å². The summed E-state index contributed by atoms with van der Waals surface area (Å²) in [6, 6.07) is 9.62. The van der Waals surface area contributed by atoms with Gasteiger partial charge in [-0.05, 0) is 30.9 Å². The van der Waals surface area contributed by atoms with Crippen LogP contribution in [0.3, 0.4) is 0 Å². The standard InChI is InChI=1S/C20H26N4O3.ClH/c21-10-15-11-23(12-16(15)14-6-2-1-3-7-14)17(25)13-24-18(26)20(22-19(24)27)8-4-5-9-20;/h1-3,6-7,15-16H,4-5,8-13,21H2,(H,22,27);1H/t15-,16+;/m1./s1. The van der Waals surface area contributed by atoms with E-state index in [4.69, 9.17) is 5.73 Å². The molecule has 1 aromatic rings. The van der Waals surface area contributed by atoms with Gasteiger partial charge in [-0.15, -0.1) is 12.4 Å². The third kappa shape index (κ3) is 3.49. The molecule has 1 aromatic carbocycles. The average Bonchev–Trinajstić information content (AvgIpc) is 3.38. The summed E-state index contributed by atoms with van der Waals surface area (Å²) >= 11 is 0. The van der Waals surface area contributed by atoms with Gasteiger partial charge in [0, 0.05) is 19.0 Å². The lowest BCUT2D eigenvalue weighted by Gasteiger charge is -2.22. The summed E-state index contributed by atoms with van der Waals surface area (Å²) in [7, 11) is 0. The molecule has 1 aliphatic carbocycles. The van der Waals surface area contributed by atoms with E-state index in [0.29, 0.717) is 32.5 Å². The molecule has 28 heavy (non-hydrogen) atoms. The number of benzene rings is 1. The van der Waals surface area contributed by atoms with E-state index in [0.717, 1.165) is 17.7 Å². The first kappa shape index (κ1) is 20.6. The number of nitrogens with zero attached hydrogens (tertiary/aromatic N) is 2. The minimum atomic E-state index is -0.769. The maximum atomic E-state index is 12.8. The summed E-state index contributed by atoms with van der Waals surface area (Å²) in [6.45, 7) is 1.43. The topological polar surface area (TPSA) is 95.7 Å². The largest absolute Gasteiger partial charge is 0.340 e. The van der Waals surface area contributed by atoms with E-state index in [1.165, 1.54) is 5.56 Å². The maximum absolute atomic E-state index is 12.8. The van der Waals surface area contributed by atoms with Crippen molar-refractivity contribution in [1.29, 1.82) is 0 Å². The van der Waals surface area contributed by atoms with Crippen LogP contribution in [0.5, 0.6) is 0 Å². The van der Waals surface area contributed by atoms with Gasteiger partial charge in [0.05, 0.1) is 0 Å². The number of imide groups is 1. The van der Waals surface area contributed by atoms with Gasteiger partial charge >= 0.3 is 6.03 Å². The Labute approximate surface area is 171 Å². The second-order valence-electron chi connectivity index (χ2n) is 7.92. The molecule has 1 saturated carbocycles. The third-order valence-electron chi connectivity index (χ3n) is 6.32. The summed E-state index contributed by atoms with van der Waals surface area (Å²) in [5.74, 6) is -0.0666. The quantitative estimate of drug-likeness (QED) is 0.740. The third-order valence-corrected chi connectivity index (χ3v) is 6.32. The monoisotopic (exact) mass is 406 g/mol. The molecule has 0 bridgehead atoms. The Kier molecular flexibility index (Phi) is 5.95. The van der Waals surface area contributed by atoms with E-state index in [1.807, 2.05) is 18.2 Å². The number of carbonyl (C=O) groups is 3. The van der Waals surface area contributed by atoms with Crippen molar-refractivity contribution >= 4 is 30.3 Å². The Morgan fingerprint density at radius 1 is 1.14 bits per heavy atom. The van der Waals surface area contributed by atoms with Gasteiger partial charge in [-0.2, -0.15) is 0 Å². The van der Waals surface area contributed by atoms with E-state index in [-0.39, 0.29) is 42.6 Å². The lowest BCUT2D eigenvalue weighted by molar-refractivity contribution is -0.138. The molecule has 0 radical (unpaired) electrons. The Morgan fingerprint density at radius 3 is 2.46 bits per heavy atom. The molecule has 2 aliphatic heterocycles. The minimum absolute atomic E-state index is 0. The molecule has 2 atom stereocenters. The van der Waals surface area contributed by atoms with E-state index in [9.17, 15) is 14.4 Å². The molecule has 7 nitrogen and oxygen atoms in total. The van der Waals surface area contributed by atoms with Crippen LogP contribution in [0.4, 0.5) is 4.79 Å². The predicted octanol–water partition coefficient (Wildman–Crippen LogP) is 1.47. The van der Waals surface area contributed by atoms with Crippen LogP contribution in [0.2, 0.25) is 0 Å². The van der Waals surface area contributed by atoms with Crippen LogP contribution in [0.25, 0.3) is 0 Å². The number of rotatable bonds is 4. The molecule has 2 saturated heterocycles. The normalized spacial score (nSPS) is 25.9. The lowest BCUT2D eigenvalue weighted by Crippen LogP contribution is -2.45. The molecule has 8 heteroatoms. The van der Waals surface area contributed by atoms with Gasteiger partial charge in [-0.25, -0.2) is 4.79 Å². The van der Waals surface area contributed by atoms with Crippen LogP contribution in [0, 0.1) is 5.92 Å². The number of hydrogen-bond donors (Lipinski definition) is 2. The molecular formula is C20H27ClN4O3. The summed E-state index contributed by atoms with van der Waals surface area (Å²) < 4.78 is 0. The number of nitrogens with two attached hydrogens (primary N) is 1. The first-order valence-corrected chi connectivity index (χ1v) is 9.71. The van der Waals surface area contributed by atoms with E-state index >= 15 is 0 Å². The Balaban J connectivity index is 0.00000225. The van der Waals surface area contributed by atoms with Gasteiger partial charge in [0.25, 0.3) is 5.91 Å². The van der Waals surface area contributed by atoms with Crippen LogP contribution < -0.4 is 11.1 Å². The fraction of sp³-hybridized carbons (Fsp3) is 0.550. The van der Waals surface area contributed by atoms with Gasteiger partial charge in [0.15, 0.2) is 0 Å². The van der Waals surface area contributed by atoms with Crippen molar-refractivity contribution in [3.8, 4) is 0 Å². The second kappa shape index (κ2) is 8.09. The number of halogens is 1. The summed E-state index contributed by atoms with van der Waals surface area (Å²) in [5.41, 5.74) is 6.34. The van der Waals surface area contributed by atoms with Gasteiger partial charge in [-0.1, -0.05) is 43.2 Å². The molecule has 4 rings (SSSR count). The molecule has 152 valence electrons. The number of likely N-dealkylation sites (tertiary alicyclic amines) is 1. The van der Waals surface area contributed by atoms with Crippen molar-refractivity contribution in [3.05, 3.63) is 35.9 Å². The predicted molar refractivity (Wildman–Crippen MR) is 107 cm³/mol. The summed E-state index contributed by atoms with van der Waals surface area (Å²) in [6.07, 6.45) is 3.18. The van der Waals surface area contributed by atoms with Crippen molar-refractivity contribution in [2.75, 3.05) is 26.2 Å². The Hall–Kier alpha value is -2.12. The number of urea groups is 1. The highest BCUT2D eigenvalue weighted by atomic mass is 35.5. The van der Waals surface area contributed by atoms with E-state index < -0.39 is 11.6 Å². The van der Waals surface area contributed by atoms with E-state index in [1.54, 1.807) is 4.90 Å². The van der Waals surface area contributed by atoms with Crippen molar-refractivity contribution in [1.82, 2.24) is 15.1 Å². The van der Waals surface area contributed by atoms with Gasteiger partial charge in [0.2, 0.25) is 5.91 Å². The first-order valence-electron chi connectivity index (χ1n) is 9.71. The van der Waals surface area contributed by atoms with Crippen LogP contribution in [0.15, 0.2) is 30.3 Å². The molecule has 0 aromatic heterocycles. The van der Waals surface area contributed by atoms with Crippen molar-refractivity contribution in [3.63, 3.8) is 0 Å². The molecule has 3 aliphatic rings. The highest BCUT2D eigenvalue weighted by Crippen LogP contribution is 2.36. The highest BCUT2D eigenvalue weighted by Gasteiger charge is 2.53. The molecule has 0 unspecified atom stereocenters. The minimum Gasteiger partial charge on any atom is -0.340 e. The van der Waals surface area contributed by atoms with Crippen molar-refractivity contribution in [2.24, 2.45) is 11.7 Å². The molecular weight excluding hydrogens is 380 g/mol. The Bertz CT molecular complexity index is 751. The average molecular weight is 407 g/mol. The lowest BCUT2D eigenvalue weighted by atomic mass is 9.89. The van der Waals surface area contributed by atoms with Crippen molar-refractivity contribution < 1.29 is 14.4 Å². The fourth-order valence-electron chi connectivity index (χ4n) is 4.76. The smallest absolute Gasteiger partial charge is 0.325 e. The van der Waals surface area contributed by atoms with Gasteiger partial charge < -0.3 is 16.0 Å². The Morgan fingerprint density at radius 2 is 1.82 bits per heavy atom. The summed E-state index contributed by atoms with van der Waals surface area (Å²) in [4.78, 5) is 40.7. The van der Waals surface area contributed by atoms with Gasteiger partial charge in [0.1, 0.15) is 12.1 Å². The SMILES string of the molecule is Cl.NC[C@@H]1CN(C(=O)CN2C(=O)NC3(CCCC3)C2=O)C[C@H]1c1ccccc1. The van der Waals surface area contributed by atoms with Crippen LogP contribution in [-0.4, -0.2) is 59.4 Å². The van der Waals surface area contributed by atoms with Crippen LogP contribution in [-0.2, 0) is 9.59 Å². The molecule has 4 amide bonds. The zero-order chi connectivity index (χ0) is 19.0. The second-order valence-corrected chi connectivity index (χ2v) is 7.92. The number of carbonyl (C=O) groups excluding carboxylic acids is 3. The number of hydrogen-bond acceptors (Lipinski definition) is 4. The molecule has 2 heterocycles. The molecule has 3 N–H and O–H groups in total. The maximum Gasteiger partial charge on any atom is 0.325 e. The van der Waals surface area contributed by atoms with E-state index in [2.05, 4.69) is 17.4 Å². The van der Waals surface area contributed by atoms with Crippen LogP contribution in [0.1, 0.15) is 37.2 Å². The van der Waals surface area contributed by atoms with Gasteiger partial charge in [-0.3, -0.25) is 14.5 Å². The summed E-state index contributed by atoms with van der Waals surface area (Å²) in [5, 5.41) is 2.83. The molecule has 3 fully saturated rings. The zero-order valence-electron chi connectivity index (χ0n) is 15.8. The fourth-order valence-corrected chi connectivity index (χ4v) is 4.76. The number of amides is 4. The zero-order valence-corrected chi connectivity index (χ0v) is 16.6. The highest BCUT2D eigenvalue weighted by molar-refractivity contribution is 6.09. The molecule has 1 spiro atoms. The number of nitrogens with one attached hydrogen (secondary N) is 1. The van der Waals surface area contributed by atoms with Crippen LogP contribution >= 0.6 is 12.4 Å². The first-order chi connectivity index (χ1) is 13.0.